The van der Waals surface area contributed by atoms with E-state index in [1.54, 1.807) is 37.6 Å². The molecule has 19 heavy (non-hydrogen) atoms. The predicted molar refractivity (Wildman–Crippen MR) is 74.4 cm³/mol. The highest BCUT2D eigenvalue weighted by molar-refractivity contribution is 7.98. The summed E-state index contributed by atoms with van der Waals surface area (Å²) in [6, 6.07) is 6.95. The first-order valence-electron chi connectivity index (χ1n) is 5.62. The van der Waals surface area contributed by atoms with Gasteiger partial charge in [-0.05, 0) is 29.2 Å². The highest BCUT2D eigenvalue weighted by atomic mass is 32.2. The van der Waals surface area contributed by atoms with Gasteiger partial charge in [-0.2, -0.15) is 0 Å². The number of rotatable bonds is 5. The van der Waals surface area contributed by atoms with Crippen LogP contribution in [-0.2, 0) is 5.75 Å². The van der Waals surface area contributed by atoms with Crippen LogP contribution < -0.4 is 10.2 Å². The summed E-state index contributed by atoms with van der Waals surface area (Å²) in [7, 11) is 0.0815. The largest absolute Gasteiger partial charge is 0.497 e. The lowest BCUT2D eigenvalue weighted by Gasteiger charge is -2.10. The molecule has 0 unspecified atom stereocenters. The van der Waals surface area contributed by atoms with Gasteiger partial charge in [0.05, 0.1) is 12.1 Å². The van der Waals surface area contributed by atoms with Crippen molar-refractivity contribution < 1.29 is 14.8 Å². The number of hydrogen-bond acceptors (Lipinski definition) is 6. The van der Waals surface area contributed by atoms with Gasteiger partial charge >= 0.3 is 7.12 Å². The van der Waals surface area contributed by atoms with Crippen LogP contribution in [-0.4, -0.2) is 34.2 Å². The zero-order valence-electron chi connectivity index (χ0n) is 10.4. The van der Waals surface area contributed by atoms with E-state index in [9.17, 15) is 10.0 Å². The quantitative estimate of drug-likeness (QED) is 0.469. The maximum absolute atomic E-state index is 9.35. The molecule has 0 radical (unpaired) electrons. The lowest BCUT2D eigenvalue weighted by Crippen LogP contribution is -2.32. The summed E-state index contributed by atoms with van der Waals surface area (Å²) in [5, 5.41) is 19.5. The molecule has 1 aromatic heterocycles. The molecule has 2 rings (SSSR count). The predicted octanol–water partition coefficient (Wildman–Crippen LogP) is 0.457. The van der Waals surface area contributed by atoms with E-state index >= 15 is 0 Å². The van der Waals surface area contributed by atoms with Gasteiger partial charge < -0.3 is 14.8 Å². The molecule has 0 atom stereocenters. The Labute approximate surface area is 115 Å². The topological polar surface area (TPSA) is 75.5 Å². The third kappa shape index (κ3) is 3.70. The van der Waals surface area contributed by atoms with Crippen LogP contribution in [0.25, 0.3) is 0 Å². The number of ether oxygens (including phenoxy) is 1. The van der Waals surface area contributed by atoms with Gasteiger partial charge in [-0.1, -0.05) is 6.07 Å². The molecule has 0 saturated carbocycles. The fraction of sp³-hybridized carbons (Fsp3) is 0.167. The van der Waals surface area contributed by atoms with E-state index in [2.05, 4.69) is 9.97 Å². The molecule has 0 aliphatic heterocycles. The Balaban J connectivity index is 2.18. The van der Waals surface area contributed by atoms with Gasteiger partial charge in [0, 0.05) is 11.9 Å². The van der Waals surface area contributed by atoms with E-state index in [-0.39, 0.29) is 0 Å². The van der Waals surface area contributed by atoms with Crippen molar-refractivity contribution in [1.82, 2.24) is 9.97 Å². The number of aromatic nitrogens is 2. The van der Waals surface area contributed by atoms with Gasteiger partial charge in [-0.3, -0.25) is 0 Å². The van der Waals surface area contributed by atoms with Crippen molar-refractivity contribution >= 4 is 24.3 Å². The molecule has 2 N–H and O–H groups in total. The van der Waals surface area contributed by atoms with Crippen LogP contribution in [0.5, 0.6) is 5.75 Å². The first-order valence-corrected chi connectivity index (χ1v) is 6.61. The van der Waals surface area contributed by atoms with Crippen LogP contribution in [0.4, 0.5) is 0 Å². The molecule has 0 bridgehead atoms. The second-order valence-electron chi connectivity index (χ2n) is 3.77. The van der Waals surface area contributed by atoms with E-state index in [1.165, 1.54) is 18.1 Å². The van der Waals surface area contributed by atoms with Crippen molar-refractivity contribution in [2.45, 2.75) is 10.8 Å². The van der Waals surface area contributed by atoms with Gasteiger partial charge in [0.15, 0.2) is 0 Å². The van der Waals surface area contributed by atoms with E-state index in [1.807, 2.05) is 0 Å². The summed E-state index contributed by atoms with van der Waals surface area (Å²) in [5.41, 5.74) is 1.28. The van der Waals surface area contributed by atoms with Crippen LogP contribution in [0, 0.1) is 0 Å². The van der Waals surface area contributed by atoms with E-state index < -0.39 is 7.12 Å². The minimum absolute atomic E-state index is 0.474. The number of benzene rings is 1. The Morgan fingerprint density at radius 3 is 2.79 bits per heavy atom. The van der Waals surface area contributed by atoms with Crippen molar-refractivity contribution in [3.8, 4) is 5.75 Å². The van der Waals surface area contributed by atoms with Crippen LogP contribution in [0.2, 0.25) is 0 Å². The SMILES string of the molecule is COc1ccc(B(O)O)c(CSc2ccncn2)c1. The first kappa shape index (κ1) is 13.9. The minimum atomic E-state index is -1.49. The van der Waals surface area contributed by atoms with Gasteiger partial charge in [0.1, 0.15) is 12.1 Å². The van der Waals surface area contributed by atoms with Crippen molar-refractivity contribution in [3.05, 3.63) is 42.4 Å². The van der Waals surface area contributed by atoms with Crippen molar-refractivity contribution in [1.29, 1.82) is 0 Å². The molecule has 2 aromatic rings. The molecule has 0 spiro atoms. The Hall–Kier alpha value is -1.57. The van der Waals surface area contributed by atoms with E-state index in [0.29, 0.717) is 17.0 Å². The van der Waals surface area contributed by atoms with Crippen LogP contribution in [0.3, 0.4) is 0 Å². The summed E-state index contributed by atoms with van der Waals surface area (Å²) in [4.78, 5) is 7.96. The standard InChI is InChI=1S/C12H13BN2O3S/c1-18-10-2-3-11(13(16)17)9(6-10)7-19-12-4-5-14-8-15-12/h2-6,8,16-17H,7H2,1H3. The van der Waals surface area contributed by atoms with E-state index in [4.69, 9.17) is 4.74 Å². The Bertz CT molecular complexity index is 540. The Kier molecular flexibility index (Phi) is 4.78. The molecule has 0 amide bonds. The smallest absolute Gasteiger partial charge is 0.488 e. The number of hydrogen-bond donors (Lipinski definition) is 2. The average Bonchev–Trinajstić information content (AvgIpc) is 2.45. The molecule has 5 nitrogen and oxygen atoms in total. The lowest BCUT2D eigenvalue weighted by atomic mass is 9.77. The Morgan fingerprint density at radius 1 is 1.32 bits per heavy atom. The van der Waals surface area contributed by atoms with Gasteiger partial charge in [-0.15, -0.1) is 11.8 Å². The van der Waals surface area contributed by atoms with Gasteiger partial charge in [-0.25, -0.2) is 9.97 Å². The fourth-order valence-electron chi connectivity index (χ4n) is 1.60. The second kappa shape index (κ2) is 6.56. The lowest BCUT2D eigenvalue weighted by molar-refractivity contribution is 0.413. The summed E-state index contributed by atoms with van der Waals surface area (Å²) in [6.45, 7) is 0. The van der Waals surface area contributed by atoms with Gasteiger partial charge in [0.25, 0.3) is 0 Å². The summed E-state index contributed by atoms with van der Waals surface area (Å²) < 4.78 is 5.14. The van der Waals surface area contributed by atoms with Crippen LogP contribution in [0.15, 0.2) is 41.8 Å². The van der Waals surface area contributed by atoms with Crippen LogP contribution in [0.1, 0.15) is 5.56 Å². The number of thioether (sulfide) groups is 1. The number of nitrogens with zero attached hydrogens (tertiary/aromatic N) is 2. The molecule has 98 valence electrons. The van der Waals surface area contributed by atoms with Crippen molar-refractivity contribution in [2.24, 2.45) is 0 Å². The molecule has 0 saturated heterocycles. The molecule has 1 heterocycles. The fourth-order valence-corrected chi connectivity index (χ4v) is 2.43. The molecule has 0 aliphatic rings. The molecule has 0 aliphatic carbocycles. The zero-order valence-corrected chi connectivity index (χ0v) is 11.2. The third-order valence-electron chi connectivity index (χ3n) is 2.56. The zero-order chi connectivity index (χ0) is 13.7. The maximum atomic E-state index is 9.35. The average molecular weight is 276 g/mol. The van der Waals surface area contributed by atoms with Crippen molar-refractivity contribution in [2.75, 3.05) is 7.11 Å². The summed E-state index contributed by atoms with van der Waals surface area (Å²) in [6.07, 6.45) is 3.15. The number of methoxy groups -OCH3 is 1. The summed E-state index contributed by atoms with van der Waals surface area (Å²) >= 11 is 1.50. The van der Waals surface area contributed by atoms with Gasteiger partial charge in [0.2, 0.25) is 0 Å². The second-order valence-corrected chi connectivity index (χ2v) is 4.77. The molecular formula is C12H13BN2O3S. The Morgan fingerprint density at radius 2 is 2.16 bits per heavy atom. The normalized spacial score (nSPS) is 10.3. The first-order chi connectivity index (χ1) is 9.20. The minimum Gasteiger partial charge on any atom is -0.497 e. The maximum Gasteiger partial charge on any atom is 0.488 e. The monoisotopic (exact) mass is 276 g/mol. The molecule has 1 aromatic carbocycles. The highest BCUT2D eigenvalue weighted by Crippen LogP contribution is 2.21. The molecular weight excluding hydrogens is 263 g/mol. The van der Waals surface area contributed by atoms with E-state index in [0.717, 1.165) is 10.6 Å². The third-order valence-corrected chi connectivity index (χ3v) is 3.55. The van der Waals surface area contributed by atoms with Crippen LogP contribution >= 0.6 is 11.8 Å². The van der Waals surface area contributed by atoms with Crippen molar-refractivity contribution in [3.63, 3.8) is 0 Å². The highest BCUT2D eigenvalue weighted by Gasteiger charge is 2.16. The summed E-state index contributed by atoms with van der Waals surface area (Å²) in [5.74, 6) is 1.25. The molecule has 7 heteroatoms. The molecule has 0 fully saturated rings.